The highest BCUT2D eigenvalue weighted by Gasteiger charge is 2.35. The molecule has 36 heavy (non-hydrogen) atoms. The van der Waals surface area contributed by atoms with Crippen molar-refractivity contribution < 1.29 is 22.4 Å². The summed E-state index contributed by atoms with van der Waals surface area (Å²) in [6.07, 6.45) is 1.88. The van der Waals surface area contributed by atoms with Crippen molar-refractivity contribution in [3.05, 3.63) is 89.5 Å². The Kier molecular flexibility index (Phi) is 6.92. The molecule has 3 aromatic rings. The maximum atomic E-state index is 13.4. The van der Waals surface area contributed by atoms with Crippen LogP contribution in [0, 0.1) is 5.82 Å². The number of sulfonamides is 1. The second-order valence-electron chi connectivity index (χ2n) is 9.64. The first-order chi connectivity index (χ1) is 16.9. The van der Waals surface area contributed by atoms with Gasteiger partial charge in [-0.15, -0.1) is 0 Å². The summed E-state index contributed by atoms with van der Waals surface area (Å²) in [4.78, 5) is 32.4. The van der Waals surface area contributed by atoms with Crippen molar-refractivity contribution in [2.45, 2.75) is 50.2 Å². The highest BCUT2D eigenvalue weighted by molar-refractivity contribution is 7.89. The minimum absolute atomic E-state index is 0.0706. The largest absolute Gasteiger partial charge is 0.324 e. The molecule has 0 saturated heterocycles. The van der Waals surface area contributed by atoms with Crippen molar-refractivity contribution in [3.8, 4) is 0 Å². The van der Waals surface area contributed by atoms with Crippen LogP contribution < -0.4 is 10.0 Å². The van der Waals surface area contributed by atoms with Crippen LogP contribution in [0.1, 0.15) is 42.4 Å². The Labute approximate surface area is 209 Å². The third-order valence-corrected chi connectivity index (χ3v) is 7.40. The van der Waals surface area contributed by atoms with Crippen molar-refractivity contribution in [2.75, 3.05) is 5.32 Å². The fourth-order valence-corrected chi connectivity index (χ4v) is 5.42. The van der Waals surface area contributed by atoms with Crippen LogP contribution >= 0.6 is 0 Å². The monoisotopic (exact) mass is 510 g/mol. The number of benzene rings is 2. The molecule has 0 saturated carbocycles. The van der Waals surface area contributed by atoms with Gasteiger partial charge in [-0.25, -0.2) is 17.5 Å². The summed E-state index contributed by atoms with van der Waals surface area (Å²) in [6.45, 7) is 5.36. The van der Waals surface area contributed by atoms with Crippen LogP contribution in [0.15, 0.2) is 71.8 Å². The van der Waals surface area contributed by atoms with E-state index in [0.717, 1.165) is 5.56 Å². The molecular formula is C26H27FN4O4S. The van der Waals surface area contributed by atoms with Crippen LogP contribution in [0.25, 0.3) is 0 Å². The van der Waals surface area contributed by atoms with E-state index in [1.165, 1.54) is 53.4 Å². The standard InChI is InChI=1S/C26H27FN4O4S/c1-26(2,3)30-36(34,35)21-12-10-20(11-13-21)29-24(32)23-15-18-5-4-14-28-22(18)16-31(23)25(33)17-6-8-19(27)9-7-17/h4-14,23,30H,15-16H2,1-3H3,(H,29,32). The Hall–Kier alpha value is -3.63. The molecule has 0 spiro atoms. The Morgan fingerprint density at radius 1 is 1.03 bits per heavy atom. The van der Waals surface area contributed by atoms with Gasteiger partial charge in [0.05, 0.1) is 17.1 Å². The molecular weight excluding hydrogens is 483 g/mol. The molecule has 1 unspecified atom stereocenters. The molecule has 2 heterocycles. The van der Waals surface area contributed by atoms with E-state index in [-0.39, 0.29) is 23.4 Å². The lowest BCUT2D eigenvalue weighted by molar-refractivity contribution is -0.121. The van der Waals surface area contributed by atoms with Gasteiger partial charge < -0.3 is 10.2 Å². The number of fused-ring (bicyclic) bond motifs is 1. The number of carbonyl (C=O) groups excluding carboxylic acids is 2. The minimum Gasteiger partial charge on any atom is -0.324 e. The van der Waals surface area contributed by atoms with E-state index in [2.05, 4.69) is 15.0 Å². The fourth-order valence-electron chi connectivity index (χ4n) is 4.00. The molecule has 2 aromatic carbocycles. The van der Waals surface area contributed by atoms with E-state index < -0.39 is 39.2 Å². The van der Waals surface area contributed by atoms with Gasteiger partial charge in [0.15, 0.2) is 0 Å². The molecule has 1 aliphatic rings. The predicted molar refractivity (Wildman–Crippen MR) is 133 cm³/mol. The van der Waals surface area contributed by atoms with Crippen LogP contribution in [0.2, 0.25) is 0 Å². The summed E-state index contributed by atoms with van der Waals surface area (Å²) in [6, 6.07) is 13.8. The Balaban J connectivity index is 1.57. The lowest BCUT2D eigenvalue weighted by atomic mass is 9.96. The number of halogens is 1. The van der Waals surface area contributed by atoms with Crippen molar-refractivity contribution in [1.82, 2.24) is 14.6 Å². The first kappa shape index (κ1) is 25.5. The number of aromatic nitrogens is 1. The zero-order chi connectivity index (χ0) is 26.1. The number of anilines is 1. The van der Waals surface area contributed by atoms with Crippen molar-refractivity contribution in [2.24, 2.45) is 0 Å². The van der Waals surface area contributed by atoms with Gasteiger partial charge >= 0.3 is 0 Å². The number of hydrogen-bond acceptors (Lipinski definition) is 5. The average molecular weight is 511 g/mol. The van der Waals surface area contributed by atoms with Gasteiger partial charge in [-0.2, -0.15) is 0 Å². The normalized spacial score (nSPS) is 15.8. The van der Waals surface area contributed by atoms with Crippen molar-refractivity contribution in [3.63, 3.8) is 0 Å². The van der Waals surface area contributed by atoms with Crippen LogP contribution in [-0.4, -0.2) is 41.7 Å². The molecule has 0 bridgehead atoms. The van der Waals surface area contributed by atoms with E-state index in [9.17, 15) is 22.4 Å². The molecule has 8 nitrogen and oxygen atoms in total. The van der Waals surface area contributed by atoms with Gasteiger partial charge in [-0.1, -0.05) is 6.07 Å². The second-order valence-corrected chi connectivity index (χ2v) is 11.3. The van der Waals surface area contributed by atoms with E-state index in [4.69, 9.17) is 0 Å². The molecule has 0 fully saturated rings. The van der Waals surface area contributed by atoms with Gasteiger partial charge in [0, 0.05) is 29.4 Å². The molecule has 1 aliphatic heterocycles. The summed E-state index contributed by atoms with van der Waals surface area (Å²) in [7, 11) is -3.72. The number of pyridine rings is 1. The molecule has 188 valence electrons. The van der Waals surface area contributed by atoms with Crippen molar-refractivity contribution >= 4 is 27.5 Å². The Morgan fingerprint density at radius 3 is 2.33 bits per heavy atom. The molecule has 4 rings (SSSR count). The Morgan fingerprint density at radius 2 is 1.69 bits per heavy atom. The highest BCUT2D eigenvalue weighted by atomic mass is 32.2. The smallest absolute Gasteiger partial charge is 0.254 e. The molecule has 2 N–H and O–H groups in total. The highest BCUT2D eigenvalue weighted by Crippen LogP contribution is 2.25. The topological polar surface area (TPSA) is 108 Å². The maximum absolute atomic E-state index is 13.4. The number of nitrogens with zero attached hydrogens (tertiary/aromatic N) is 2. The quantitative estimate of drug-likeness (QED) is 0.546. The molecule has 0 radical (unpaired) electrons. The second kappa shape index (κ2) is 9.79. The molecule has 1 aromatic heterocycles. The minimum atomic E-state index is -3.72. The predicted octanol–water partition coefficient (Wildman–Crippen LogP) is 3.50. The third-order valence-electron chi connectivity index (χ3n) is 5.62. The SMILES string of the molecule is CC(C)(C)NS(=O)(=O)c1ccc(NC(=O)C2Cc3cccnc3CN2C(=O)c2ccc(F)cc2)cc1. The van der Waals surface area contributed by atoms with Crippen LogP contribution in [0.5, 0.6) is 0 Å². The Bertz CT molecular complexity index is 1380. The lowest BCUT2D eigenvalue weighted by Gasteiger charge is -2.35. The summed E-state index contributed by atoms with van der Waals surface area (Å²) in [5, 5.41) is 2.79. The van der Waals surface area contributed by atoms with Crippen molar-refractivity contribution in [1.29, 1.82) is 0 Å². The summed E-state index contributed by atoms with van der Waals surface area (Å²) >= 11 is 0. The molecule has 2 amide bonds. The zero-order valence-corrected chi connectivity index (χ0v) is 21.0. The van der Waals surface area contributed by atoms with Crippen LogP contribution in [-0.2, 0) is 27.8 Å². The first-order valence-corrected chi connectivity index (χ1v) is 12.9. The number of nitrogens with one attached hydrogen (secondary N) is 2. The number of rotatable bonds is 5. The number of hydrogen-bond donors (Lipinski definition) is 2. The lowest BCUT2D eigenvalue weighted by Crippen LogP contribution is -2.50. The van der Waals surface area contributed by atoms with Gasteiger partial charge in [0.1, 0.15) is 11.9 Å². The summed E-state index contributed by atoms with van der Waals surface area (Å²) in [5.74, 6) is -1.31. The van der Waals surface area contributed by atoms with Gasteiger partial charge in [-0.05, 0) is 80.9 Å². The average Bonchev–Trinajstić information content (AvgIpc) is 2.82. The van der Waals surface area contributed by atoms with E-state index in [1.807, 2.05) is 6.07 Å². The van der Waals surface area contributed by atoms with Crippen LogP contribution in [0.4, 0.5) is 10.1 Å². The van der Waals surface area contributed by atoms with Gasteiger partial charge in [0.25, 0.3) is 5.91 Å². The van der Waals surface area contributed by atoms with Gasteiger partial charge in [0.2, 0.25) is 15.9 Å². The first-order valence-electron chi connectivity index (χ1n) is 11.4. The fraction of sp³-hybridized carbons (Fsp3) is 0.269. The van der Waals surface area contributed by atoms with E-state index in [1.54, 1.807) is 33.0 Å². The zero-order valence-electron chi connectivity index (χ0n) is 20.2. The number of carbonyl (C=O) groups is 2. The summed E-state index contributed by atoms with van der Waals surface area (Å²) < 4.78 is 41.1. The molecule has 0 aliphatic carbocycles. The third kappa shape index (κ3) is 5.77. The van der Waals surface area contributed by atoms with E-state index >= 15 is 0 Å². The molecule has 1 atom stereocenters. The number of amides is 2. The van der Waals surface area contributed by atoms with Gasteiger partial charge in [-0.3, -0.25) is 14.6 Å². The maximum Gasteiger partial charge on any atom is 0.254 e. The molecule has 10 heteroatoms. The summed E-state index contributed by atoms with van der Waals surface area (Å²) in [5.41, 5.74) is 1.56. The van der Waals surface area contributed by atoms with E-state index in [0.29, 0.717) is 11.4 Å². The van der Waals surface area contributed by atoms with Crippen LogP contribution in [0.3, 0.4) is 0 Å².